The van der Waals surface area contributed by atoms with Crippen molar-refractivity contribution < 1.29 is 31.1 Å². The van der Waals surface area contributed by atoms with E-state index in [1.807, 2.05) is 16.7 Å². The molecule has 0 saturated carbocycles. The summed E-state index contributed by atoms with van der Waals surface area (Å²) < 4.78 is 84.7. The molecule has 2 heterocycles. The molecule has 0 saturated heterocycles. The number of halogens is 6. The van der Waals surface area contributed by atoms with Gasteiger partial charge in [-0.2, -0.15) is 10.1 Å². The van der Waals surface area contributed by atoms with E-state index >= 15 is 0 Å². The molecule has 0 bridgehead atoms. The normalized spacial score (nSPS) is 14.9. The topological polar surface area (TPSA) is 37.6 Å². The number of carbonyl (C=O) groups is 1. The summed E-state index contributed by atoms with van der Waals surface area (Å²) in [5.41, 5.74) is 0.680. The molecule has 182 valence electrons. The molecule has 1 aliphatic rings. The van der Waals surface area contributed by atoms with Gasteiger partial charge in [0.15, 0.2) is 23.3 Å². The van der Waals surface area contributed by atoms with E-state index in [2.05, 4.69) is 5.10 Å². The number of aromatic nitrogens is 1. The number of amides is 1. The van der Waals surface area contributed by atoms with E-state index in [4.69, 9.17) is 0 Å². The van der Waals surface area contributed by atoms with E-state index in [0.717, 1.165) is 16.5 Å². The molecule has 0 unspecified atom stereocenters. The van der Waals surface area contributed by atoms with Gasteiger partial charge in [-0.1, -0.05) is 30.3 Å². The molecule has 0 radical (unpaired) electrons. The van der Waals surface area contributed by atoms with Gasteiger partial charge in [0.05, 0.1) is 11.3 Å². The number of anilines is 1. The predicted molar refractivity (Wildman–Crippen MR) is 122 cm³/mol. The Labute approximate surface area is 200 Å². The highest BCUT2D eigenvalue weighted by atomic mass is 19.2. The number of hydrogen-bond acceptors (Lipinski definition) is 2. The van der Waals surface area contributed by atoms with Crippen molar-refractivity contribution in [2.24, 2.45) is 5.10 Å². The molecule has 1 aromatic heterocycles. The fourth-order valence-corrected chi connectivity index (χ4v) is 4.08. The van der Waals surface area contributed by atoms with Crippen LogP contribution in [0.4, 0.5) is 32.0 Å². The number of benzene rings is 3. The maximum Gasteiger partial charge on any atom is 0.280 e. The van der Waals surface area contributed by atoms with Crippen molar-refractivity contribution in [3.63, 3.8) is 0 Å². The molecule has 0 fully saturated rings. The van der Waals surface area contributed by atoms with E-state index in [-0.39, 0.29) is 22.1 Å². The van der Waals surface area contributed by atoms with Crippen molar-refractivity contribution in [2.45, 2.75) is 13.5 Å². The second-order valence-corrected chi connectivity index (χ2v) is 8.13. The summed E-state index contributed by atoms with van der Waals surface area (Å²) in [6, 6.07) is 13.2. The minimum absolute atomic E-state index is 0.0271. The molecule has 1 aliphatic heterocycles. The van der Waals surface area contributed by atoms with Crippen LogP contribution in [0.5, 0.6) is 0 Å². The summed E-state index contributed by atoms with van der Waals surface area (Å²) in [5, 5.41) is 4.68. The summed E-state index contributed by atoms with van der Waals surface area (Å²) in [6.07, 6.45) is 3.18. The van der Waals surface area contributed by atoms with Gasteiger partial charge in [-0.3, -0.25) is 4.79 Å². The summed E-state index contributed by atoms with van der Waals surface area (Å²) in [7, 11) is 0. The summed E-state index contributed by atoms with van der Waals surface area (Å²) in [6.45, 7) is 1.77. The van der Waals surface area contributed by atoms with Gasteiger partial charge < -0.3 is 4.57 Å². The number of nitrogens with zero attached hydrogens (tertiary/aromatic N) is 3. The lowest BCUT2D eigenvalue weighted by Gasteiger charge is -2.15. The van der Waals surface area contributed by atoms with Crippen molar-refractivity contribution in [1.82, 2.24) is 4.57 Å². The van der Waals surface area contributed by atoms with Crippen molar-refractivity contribution in [3.05, 3.63) is 106 Å². The molecule has 5 rings (SSSR count). The lowest BCUT2D eigenvalue weighted by atomic mass is 10.1. The van der Waals surface area contributed by atoms with Gasteiger partial charge in [0, 0.05) is 29.2 Å². The highest BCUT2D eigenvalue weighted by molar-refractivity contribution is 6.32. The van der Waals surface area contributed by atoms with Gasteiger partial charge in [-0.15, -0.1) is 0 Å². The predicted octanol–water partition coefficient (Wildman–Crippen LogP) is 6.33. The highest BCUT2D eigenvalue weighted by Crippen LogP contribution is 2.34. The van der Waals surface area contributed by atoms with Gasteiger partial charge >= 0.3 is 0 Å². The SMILES string of the molecule is CC1=NN(c2c(F)c(F)c(F)c(F)c2F)C(=O)/C1=C/c1cn(Cc2ccc(F)cc2)c2ccccc12. The maximum absolute atomic E-state index is 14.3. The van der Waals surface area contributed by atoms with E-state index in [9.17, 15) is 31.1 Å². The number of fused-ring (bicyclic) bond motifs is 1. The van der Waals surface area contributed by atoms with E-state index in [1.165, 1.54) is 25.1 Å². The van der Waals surface area contributed by atoms with Crippen molar-refractivity contribution >= 4 is 34.3 Å². The third kappa shape index (κ3) is 3.74. The molecule has 10 heteroatoms. The van der Waals surface area contributed by atoms with Crippen molar-refractivity contribution in [3.8, 4) is 0 Å². The van der Waals surface area contributed by atoms with Crippen LogP contribution in [0.15, 0.2) is 65.4 Å². The molecule has 1 amide bonds. The van der Waals surface area contributed by atoms with Gasteiger partial charge in [-0.05, 0) is 36.8 Å². The largest absolute Gasteiger partial charge is 0.342 e. The van der Waals surface area contributed by atoms with Crippen LogP contribution in [-0.4, -0.2) is 16.2 Å². The molecule has 3 aromatic carbocycles. The Balaban J connectivity index is 1.57. The lowest BCUT2D eigenvalue weighted by molar-refractivity contribution is -0.114. The Morgan fingerprint density at radius 2 is 1.44 bits per heavy atom. The minimum Gasteiger partial charge on any atom is -0.342 e. The van der Waals surface area contributed by atoms with Crippen LogP contribution < -0.4 is 5.01 Å². The number of hydrogen-bond donors (Lipinski definition) is 0. The summed E-state index contributed by atoms with van der Waals surface area (Å²) in [4.78, 5) is 13.0. The molecule has 0 spiro atoms. The number of hydrazone groups is 1. The van der Waals surface area contributed by atoms with Gasteiger partial charge in [0.2, 0.25) is 5.82 Å². The van der Waals surface area contributed by atoms with Gasteiger partial charge in [-0.25, -0.2) is 26.3 Å². The van der Waals surface area contributed by atoms with Crippen LogP contribution in [0.25, 0.3) is 17.0 Å². The van der Waals surface area contributed by atoms with E-state index in [0.29, 0.717) is 12.1 Å². The fraction of sp³-hybridized carbons (Fsp3) is 0.0769. The summed E-state index contributed by atoms with van der Waals surface area (Å²) in [5.74, 6) is -12.4. The monoisotopic (exact) mass is 499 g/mol. The van der Waals surface area contributed by atoms with Crippen LogP contribution in [0.1, 0.15) is 18.1 Å². The minimum atomic E-state index is -2.33. The van der Waals surface area contributed by atoms with E-state index < -0.39 is 40.7 Å². The molecule has 0 aliphatic carbocycles. The highest BCUT2D eigenvalue weighted by Gasteiger charge is 2.37. The molecule has 0 atom stereocenters. The van der Waals surface area contributed by atoms with Crippen LogP contribution in [0, 0.1) is 34.9 Å². The second-order valence-electron chi connectivity index (χ2n) is 8.13. The number of para-hydroxylation sites is 1. The Kier molecular flexibility index (Phi) is 5.66. The van der Waals surface area contributed by atoms with Crippen LogP contribution in [0.2, 0.25) is 0 Å². The standard InChI is InChI=1S/C26H15F6N3O/c1-13-18(26(36)35(33-13)25-23(31)21(29)20(28)22(30)24(25)32)10-15-12-34(19-5-3-2-4-17(15)19)11-14-6-8-16(27)9-7-14/h2-10,12H,11H2,1H3/b18-10+. The van der Waals surface area contributed by atoms with Crippen LogP contribution >= 0.6 is 0 Å². The maximum atomic E-state index is 14.3. The Bertz CT molecular complexity index is 1580. The van der Waals surface area contributed by atoms with Gasteiger partial charge in [0.25, 0.3) is 5.91 Å². The third-order valence-corrected chi connectivity index (χ3v) is 5.85. The molecule has 36 heavy (non-hydrogen) atoms. The lowest BCUT2D eigenvalue weighted by Crippen LogP contribution is -2.25. The quantitative estimate of drug-likeness (QED) is 0.140. The van der Waals surface area contributed by atoms with Crippen molar-refractivity contribution in [1.29, 1.82) is 0 Å². The first-order chi connectivity index (χ1) is 17.2. The first kappa shape index (κ1) is 23.4. The Hall–Kier alpha value is -4.34. The first-order valence-corrected chi connectivity index (χ1v) is 10.6. The second kappa shape index (κ2) is 8.71. The average molecular weight is 499 g/mol. The zero-order chi connectivity index (χ0) is 25.7. The Morgan fingerprint density at radius 3 is 2.11 bits per heavy atom. The zero-order valence-corrected chi connectivity index (χ0v) is 18.5. The number of carbonyl (C=O) groups excluding carboxylic acids is 1. The first-order valence-electron chi connectivity index (χ1n) is 10.6. The van der Waals surface area contributed by atoms with Crippen LogP contribution in [0.3, 0.4) is 0 Å². The third-order valence-electron chi connectivity index (χ3n) is 5.85. The fourth-order valence-electron chi connectivity index (χ4n) is 4.08. The smallest absolute Gasteiger partial charge is 0.280 e. The molecular weight excluding hydrogens is 484 g/mol. The Morgan fingerprint density at radius 1 is 0.833 bits per heavy atom. The molecule has 0 N–H and O–H groups in total. The van der Waals surface area contributed by atoms with E-state index in [1.54, 1.807) is 30.5 Å². The molecule has 4 nitrogen and oxygen atoms in total. The van der Waals surface area contributed by atoms with Crippen molar-refractivity contribution in [2.75, 3.05) is 5.01 Å². The zero-order valence-electron chi connectivity index (χ0n) is 18.5. The van der Waals surface area contributed by atoms with Crippen LogP contribution in [-0.2, 0) is 11.3 Å². The number of rotatable bonds is 4. The molecule has 4 aromatic rings. The molecular formula is C26H15F6N3O. The average Bonchev–Trinajstić information content (AvgIpc) is 3.35. The van der Waals surface area contributed by atoms with Gasteiger partial charge in [0.1, 0.15) is 11.5 Å². The summed E-state index contributed by atoms with van der Waals surface area (Å²) >= 11 is 0.